The first kappa shape index (κ1) is 14.6. The van der Waals surface area contributed by atoms with Gasteiger partial charge in [-0.2, -0.15) is 0 Å². The SMILES string of the molecule is Cc1ccc(Br)c(C(=O)Cc2cccc(Cl)c2Cl)c1. The van der Waals surface area contributed by atoms with Gasteiger partial charge in [-0.05, 0) is 30.7 Å². The van der Waals surface area contributed by atoms with Gasteiger partial charge in [0.05, 0.1) is 10.0 Å². The molecule has 0 spiro atoms. The van der Waals surface area contributed by atoms with Crippen molar-refractivity contribution in [1.82, 2.24) is 0 Å². The average molecular weight is 358 g/mol. The normalized spacial score (nSPS) is 10.5. The lowest BCUT2D eigenvalue weighted by Gasteiger charge is -2.07. The molecule has 0 radical (unpaired) electrons. The maximum atomic E-state index is 12.3. The van der Waals surface area contributed by atoms with E-state index in [2.05, 4.69) is 15.9 Å². The fraction of sp³-hybridized carbons (Fsp3) is 0.133. The molecular weight excluding hydrogens is 347 g/mol. The van der Waals surface area contributed by atoms with Gasteiger partial charge in [0.2, 0.25) is 0 Å². The van der Waals surface area contributed by atoms with Crippen LogP contribution in [0.1, 0.15) is 21.5 Å². The van der Waals surface area contributed by atoms with Gasteiger partial charge in [-0.1, -0.05) is 62.9 Å². The third kappa shape index (κ3) is 3.38. The van der Waals surface area contributed by atoms with Gasteiger partial charge in [-0.3, -0.25) is 4.79 Å². The fourth-order valence-corrected chi connectivity index (χ4v) is 2.66. The molecule has 4 heteroatoms. The van der Waals surface area contributed by atoms with Crippen LogP contribution in [0.4, 0.5) is 0 Å². The molecule has 2 aromatic rings. The highest BCUT2D eigenvalue weighted by atomic mass is 79.9. The Bertz CT molecular complexity index is 638. The summed E-state index contributed by atoms with van der Waals surface area (Å²) in [5.41, 5.74) is 2.45. The third-order valence-electron chi connectivity index (χ3n) is 2.80. The summed E-state index contributed by atoms with van der Waals surface area (Å²) in [6.07, 6.45) is 0.238. The van der Waals surface area contributed by atoms with Gasteiger partial charge in [0.1, 0.15) is 0 Å². The first-order chi connectivity index (χ1) is 8.99. The Hall–Kier alpha value is -0.830. The van der Waals surface area contributed by atoms with E-state index in [0.717, 1.165) is 15.6 Å². The van der Waals surface area contributed by atoms with Crippen molar-refractivity contribution in [2.75, 3.05) is 0 Å². The summed E-state index contributed by atoms with van der Waals surface area (Å²) in [7, 11) is 0. The van der Waals surface area contributed by atoms with Gasteiger partial charge in [-0.15, -0.1) is 0 Å². The molecule has 0 fully saturated rings. The van der Waals surface area contributed by atoms with Crippen LogP contribution in [0, 0.1) is 6.92 Å². The van der Waals surface area contributed by atoms with E-state index in [0.29, 0.717) is 15.6 Å². The van der Waals surface area contributed by atoms with Crippen LogP contribution in [0.25, 0.3) is 0 Å². The highest BCUT2D eigenvalue weighted by molar-refractivity contribution is 9.10. The van der Waals surface area contributed by atoms with E-state index in [1.165, 1.54) is 0 Å². The monoisotopic (exact) mass is 356 g/mol. The number of halogens is 3. The molecule has 0 aromatic heterocycles. The largest absolute Gasteiger partial charge is 0.294 e. The number of benzene rings is 2. The van der Waals surface area contributed by atoms with Gasteiger partial charge in [0.15, 0.2) is 5.78 Å². The van der Waals surface area contributed by atoms with E-state index < -0.39 is 0 Å². The van der Waals surface area contributed by atoms with Gasteiger partial charge < -0.3 is 0 Å². The number of hydrogen-bond acceptors (Lipinski definition) is 1. The molecule has 0 amide bonds. The highest BCUT2D eigenvalue weighted by Crippen LogP contribution is 2.27. The molecule has 0 aliphatic rings. The number of aryl methyl sites for hydroxylation is 1. The summed E-state index contributed by atoms with van der Waals surface area (Å²) in [6, 6.07) is 11.0. The summed E-state index contributed by atoms with van der Waals surface area (Å²) in [4.78, 5) is 12.3. The molecular formula is C15H11BrCl2O. The van der Waals surface area contributed by atoms with Crippen LogP contribution in [-0.2, 0) is 6.42 Å². The molecule has 0 saturated heterocycles. The Labute approximate surface area is 130 Å². The number of ketones is 1. The molecule has 1 nitrogen and oxygen atoms in total. The zero-order valence-corrected chi connectivity index (χ0v) is 13.3. The Balaban J connectivity index is 2.31. The van der Waals surface area contributed by atoms with Crippen LogP contribution in [0.2, 0.25) is 10.0 Å². The van der Waals surface area contributed by atoms with Gasteiger partial charge in [-0.25, -0.2) is 0 Å². The van der Waals surface area contributed by atoms with Crippen LogP contribution in [0.5, 0.6) is 0 Å². The van der Waals surface area contributed by atoms with Crippen LogP contribution >= 0.6 is 39.1 Å². The Morgan fingerprint density at radius 2 is 1.95 bits per heavy atom. The van der Waals surface area contributed by atoms with Gasteiger partial charge in [0.25, 0.3) is 0 Å². The quantitative estimate of drug-likeness (QED) is 0.664. The van der Waals surface area contributed by atoms with Crippen LogP contribution < -0.4 is 0 Å². The minimum absolute atomic E-state index is 0.0136. The van der Waals surface area contributed by atoms with Crippen molar-refractivity contribution >= 4 is 44.9 Å². The second-order valence-electron chi connectivity index (χ2n) is 4.30. The van der Waals surface area contributed by atoms with Crippen LogP contribution in [-0.4, -0.2) is 5.78 Å². The number of carbonyl (C=O) groups excluding carboxylic acids is 1. The lowest BCUT2D eigenvalue weighted by Crippen LogP contribution is -2.05. The molecule has 2 aromatic carbocycles. The lowest BCUT2D eigenvalue weighted by molar-refractivity contribution is 0.0992. The van der Waals surface area contributed by atoms with Crippen molar-refractivity contribution in [3.63, 3.8) is 0 Å². The first-order valence-electron chi connectivity index (χ1n) is 5.71. The fourth-order valence-electron chi connectivity index (χ4n) is 1.81. The maximum absolute atomic E-state index is 12.3. The average Bonchev–Trinajstić information content (AvgIpc) is 2.38. The Morgan fingerprint density at radius 1 is 1.21 bits per heavy atom. The number of rotatable bonds is 3. The molecule has 0 saturated carbocycles. The summed E-state index contributed by atoms with van der Waals surface area (Å²) in [6.45, 7) is 1.95. The molecule has 0 atom stereocenters. The van der Waals surface area contributed by atoms with Crippen molar-refractivity contribution in [1.29, 1.82) is 0 Å². The van der Waals surface area contributed by atoms with E-state index >= 15 is 0 Å². The van der Waals surface area contributed by atoms with Crippen LogP contribution in [0.15, 0.2) is 40.9 Å². The molecule has 0 bridgehead atoms. The van der Waals surface area contributed by atoms with E-state index in [4.69, 9.17) is 23.2 Å². The number of carbonyl (C=O) groups is 1. The molecule has 98 valence electrons. The molecule has 0 N–H and O–H groups in total. The molecule has 2 rings (SSSR count). The van der Waals surface area contributed by atoms with Gasteiger partial charge >= 0.3 is 0 Å². The molecule has 19 heavy (non-hydrogen) atoms. The smallest absolute Gasteiger partial charge is 0.168 e. The standard InChI is InChI=1S/C15H11BrCl2O/c1-9-5-6-12(16)11(7-9)14(19)8-10-3-2-4-13(17)15(10)18/h2-7H,8H2,1H3. The van der Waals surface area contributed by atoms with Crippen molar-refractivity contribution in [2.24, 2.45) is 0 Å². The van der Waals surface area contributed by atoms with Crippen molar-refractivity contribution in [2.45, 2.75) is 13.3 Å². The topological polar surface area (TPSA) is 17.1 Å². The zero-order valence-electron chi connectivity index (χ0n) is 10.2. The summed E-state index contributed by atoms with van der Waals surface area (Å²) in [5, 5.41) is 0.913. The lowest BCUT2D eigenvalue weighted by atomic mass is 10.0. The van der Waals surface area contributed by atoms with E-state index in [9.17, 15) is 4.79 Å². The predicted octanol–water partition coefficient (Wildman–Crippen LogP) is 5.49. The Kier molecular flexibility index (Phi) is 4.67. The van der Waals surface area contributed by atoms with E-state index in [1.807, 2.05) is 31.2 Å². The molecule has 0 aliphatic carbocycles. The molecule has 0 heterocycles. The van der Waals surface area contributed by atoms with Crippen molar-refractivity contribution in [3.8, 4) is 0 Å². The second-order valence-corrected chi connectivity index (χ2v) is 5.94. The minimum Gasteiger partial charge on any atom is -0.294 e. The van der Waals surface area contributed by atoms with Gasteiger partial charge in [0, 0.05) is 16.5 Å². The Morgan fingerprint density at radius 3 is 2.68 bits per heavy atom. The second kappa shape index (κ2) is 6.08. The highest BCUT2D eigenvalue weighted by Gasteiger charge is 2.14. The van der Waals surface area contributed by atoms with E-state index in [1.54, 1.807) is 12.1 Å². The molecule has 0 aliphatic heterocycles. The number of hydrogen-bond donors (Lipinski definition) is 0. The zero-order chi connectivity index (χ0) is 14.0. The first-order valence-corrected chi connectivity index (χ1v) is 7.26. The van der Waals surface area contributed by atoms with Crippen molar-refractivity contribution in [3.05, 3.63) is 67.6 Å². The van der Waals surface area contributed by atoms with Crippen LogP contribution in [0.3, 0.4) is 0 Å². The summed E-state index contributed by atoms with van der Waals surface area (Å²) in [5.74, 6) is 0.0136. The predicted molar refractivity (Wildman–Crippen MR) is 83.4 cm³/mol. The number of Topliss-reactive ketones (excluding diaryl/α,β-unsaturated/α-hetero) is 1. The maximum Gasteiger partial charge on any atom is 0.168 e. The van der Waals surface area contributed by atoms with Crippen molar-refractivity contribution < 1.29 is 4.79 Å². The summed E-state index contributed by atoms with van der Waals surface area (Å²) >= 11 is 15.4. The summed E-state index contributed by atoms with van der Waals surface area (Å²) < 4.78 is 0.793. The van der Waals surface area contributed by atoms with E-state index in [-0.39, 0.29) is 12.2 Å². The minimum atomic E-state index is 0.0136. The molecule has 0 unspecified atom stereocenters. The third-order valence-corrected chi connectivity index (χ3v) is 4.35.